The molecule has 0 aromatic carbocycles. The molecule has 2 aliphatic rings. The summed E-state index contributed by atoms with van der Waals surface area (Å²) in [4.78, 5) is 32.0. The molecular formula is C17H25N3O2S. The number of thiophene rings is 1. The highest BCUT2D eigenvalue weighted by Crippen LogP contribution is 2.38. The van der Waals surface area contributed by atoms with Crippen molar-refractivity contribution in [3.63, 3.8) is 0 Å². The molecule has 2 amide bonds. The maximum atomic E-state index is 12.7. The molecule has 1 atom stereocenters. The third kappa shape index (κ3) is 3.28. The zero-order valence-electron chi connectivity index (χ0n) is 14.0. The molecule has 1 aromatic rings. The lowest BCUT2D eigenvalue weighted by atomic mass is 9.86. The number of hydrogen-bond acceptors (Lipinski definition) is 4. The molecule has 2 aliphatic heterocycles. The fourth-order valence-corrected chi connectivity index (χ4v) is 4.49. The first-order valence-electron chi connectivity index (χ1n) is 8.30. The molecule has 0 radical (unpaired) electrons. The SMILES string of the molecule is CN(C)CCN1C(=O)CC[C@]12CCCN(C(=O)c1cccs1)C2. The molecule has 2 saturated heterocycles. The van der Waals surface area contributed by atoms with Crippen molar-refractivity contribution in [2.45, 2.75) is 31.2 Å². The highest BCUT2D eigenvalue weighted by atomic mass is 32.1. The Morgan fingerprint density at radius 2 is 2.22 bits per heavy atom. The summed E-state index contributed by atoms with van der Waals surface area (Å²) in [5.74, 6) is 0.364. The van der Waals surface area contributed by atoms with Crippen molar-refractivity contribution in [2.24, 2.45) is 0 Å². The summed E-state index contributed by atoms with van der Waals surface area (Å²) in [6, 6.07) is 3.80. The highest BCUT2D eigenvalue weighted by molar-refractivity contribution is 7.12. The molecule has 126 valence electrons. The second kappa shape index (κ2) is 6.61. The zero-order valence-corrected chi connectivity index (χ0v) is 14.8. The van der Waals surface area contributed by atoms with Gasteiger partial charge >= 0.3 is 0 Å². The molecule has 3 rings (SSSR count). The molecule has 0 aliphatic carbocycles. The van der Waals surface area contributed by atoms with Gasteiger partial charge in [-0.2, -0.15) is 0 Å². The fraction of sp³-hybridized carbons (Fsp3) is 0.647. The first-order chi connectivity index (χ1) is 11.0. The van der Waals surface area contributed by atoms with E-state index in [9.17, 15) is 9.59 Å². The zero-order chi connectivity index (χ0) is 16.4. The van der Waals surface area contributed by atoms with Crippen LogP contribution in [0.25, 0.3) is 0 Å². The monoisotopic (exact) mass is 335 g/mol. The molecular weight excluding hydrogens is 310 g/mol. The smallest absolute Gasteiger partial charge is 0.263 e. The molecule has 1 spiro atoms. The van der Waals surface area contributed by atoms with Gasteiger partial charge in [0.15, 0.2) is 0 Å². The molecule has 0 saturated carbocycles. The molecule has 1 aromatic heterocycles. The summed E-state index contributed by atoms with van der Waals surface area (Å²) >= 11 is 1.49. The van der Waals surface area contributed by atoms with Gasteiger partial charge in [-0.05, 0) is 44.8 Å². The molecule has 0 bridgehead atoms. The van der Waals surface area contributed by atoms with Crippen molar-refractivity contribution in [2.75, 3.05) is 40.3 Å². The Labute approximate surface area is 141 Å². The fourth-order valence-electron chi connectivity index (χ4n) is 3.80. The van der Waals surface area contributed by atoms with Crippen LogP contribution in [0.15, 0.2) is 17.5 Å². The van der Waals surface area contributed by atoms with E-state index >= 15 is 0 Å². The maximum Gasteiger partial charge on any atom is 0.263 e. The number of likely N-dealkylation sites (N-methyl/N-ethyl adjacent to an activating group) is 1. The van der Waals surface area contributed by atoms with Gasteiger partial charge < -0.3 is 14.7 Å². The van der Waals surface area contributed by atoms with Crippen LogP contribution in [0.4, 0.5) is 0 Å². The van der Waals surface area contributed by atoms with Gasteiger partial charge in [0.05, 0.1) is 10.4 Å². The van der Waals surface area contributed by atoms with E-state index < -0.39 is 0 Å². The van der Waals surface area contributed by atoms with Gasteiger partial charge in [-0.15, -0.1) is 11.3 Å². The third-order valence-corrected chi connectivity index (χ3v) is 5.88. The van der Waals surface area contributed by atoms with Crippen molar-refractivity contribution < 1.29 is 9.59 Å². The van der Waals surface area contributed by atoms with Crippen LogP contribution >= 0.6 is 11.3 Å². The number of carbonyl (C=O) groups excluding carboxylic acids is 2. The van der Waals surface area contributed by atoms with E-state index in [1.165, 1.54) is 11.3 Å². The van der Waals surface area contributed by atoms with Gasteiger partial charge in [0.25, 0.3) is 5.91 Å². The van der Waals surface area contributed by atoms with Gasteiger partial charge in [-0.1, -0.05) is 6.07 Å². The minimum atomic E-state index is -0.141. The van der Waals surface area contributed by atoms with Crippen molar-refractivity contribution >= 4 is 23.2 Å². The number of nitrogens with zero attached hydrogens (tertiary/aromatic N) is 3. The molecule has 0 unspecified atom stereocenters. The summed E-state index contributed by atoms with van der Waals surface area (Å²) < 4.78 is 0. The van der Waals surface area contributed by atoms with E-state index in [2.05, 4.69) is 9.80 Å². The van der Waals surface area contributed by atoms with Gasteiger partial charge in [0.2, 0.25) is 5.91 Å². The van der Waals surface area contributed by atoms with Crippen LogP contribution in [0.5, 0.6) is 0 Å². The van der Waals surface area contributed by atoms with E-state index in [4.69, 9.17) is 0 Å². The summed E-state index contributed by atoms with van der Waals surface area (Å²) in [6.45, 7) is 3.11. The maximum absolute atomic E-state index is 12.7. The number of hydrogen-bond donors (Lipinski definition) is 0. The lowest BCUT2D eigenvalue weighted by Crippen LogP contribution is -2.58. The van der Waals surface area contributed by atoms with Crippen molar-refractivity contribution in [3.8, 4) is 0 Å². The topological polar surface area (TPSA) is 43.9 Å². The number of likely N-dealkylation sites (tertiary alicyclic amines) is 2. The lowest BCUT2D eigenvalue weighted by Gasteiger charge is -2.46. The van der Waals surface area contributed by atoms with Gasteiger partial charge in [0, 0.05) is 32.6 Å². The van der Waals surface area contributed by atoms with Gasteiger partial charge in [0.1, 0.15) is 0 Å². The Morgan fingerprint density at radius 3 is 2.91 bits per heavy atom. The summed E-state index contributed by atoms with van der Waals surface area (Å²) in [5.41, 5.74) is -0.141. The standard InChI is InChI=1S/C17H25N3O2S/c1-18(2)10-11-20-15(21)6-8-17(20)7-4-9-19(13-17)16(22)14-5-3-12-23-14/h3,5,12H,4,6-11,13H2,1-2H3/t17-/m0/s1. The predicted octanol–water partition coefficient (Wildman–Crippen LogP) is 1.91. The molecule has 3 heterocycles. The minimum Gasteiger partial charge on any atom is -0.336 e. The Balaban J connectivity index is 1.75. The second-order valence-electron chi connectivity index (χ2n) is 6.88. The van der Waals surface area contributed by atoms with E-state index in [1.807, 2.05) is 36.5 Å². The molecule has 23 heavy (non-hydrogen) atoms. The van der Waals surface area contributed by atoms with Crippen LogP contribution in [0.3, 0.4) is 0 Å². The molecule has 6 heteroatoms. The number of carbonyl (C=O) groups is 2. The average molecular weight is 335 g/mol. The second-order valence-corrected chi connectivity index (χ2v) is 7.83. The lowest BCUT2D eigenvalue weighted by molar-refractivity contribution is -0.132. The molecule has 2 fully saturated rings. The summed E-state index contributed by atoms with van der Waals surface area (Å²) in [5, 5.41) is 1.94. The van der Waals surface area contributed by atoms with E-state index in [1.54, 1.807) is 0 Å². The quantitative estimate of drug-likeness (QED) is 0.844. The normalized spacial score (nSPS) is 24.9. The van der Waals surface area contributed by atoms with Gasteiger partial charge in [-0.25, -0.2) is 0 Å². The predicted molar refractivity (Wildman–Crippen MR) is 91.7 cm³/mol. The first kappa shape index (κ1) is 16.5. The number of amides is 2. The molecule has 0 N–H and O–H groups in total. The first-order valence-corrected chi connectivity index (χ1v) is 9.18. The van der Waals surface area contributed by atoms with Crippen molar-refractivity contribution in [3.05, 3.63) is 22.4 Å². The number of piperidine rings is 1. The van der Waals surface area contributed by atoms with Crippen LogP contribution < -0.4 is 0 Å². The third-order valence-electron chi connectivity index (χ3n) is 5.02. The Morgan fingerprint density at radius 1 is 1.39 bits per heavy atom. The van der Waals surface area contributed by atoms with Crippen LogP contribution in [-0.4, -0.2) is 72.3 Å². The van der Waals surface area contributed by atoms with E-state index in [0.717, 1.165) is 43.8 Å². The van der Waals surface area contributed by atoms with Crippen LogP contribution in [0, 0.1) is 0 Å². The van der Waals surface area contributed by atoms with Gasteiger partial charge in [-0.3, -0.25) is 9.59 Å². The Bertz CT molecular complexity index is 572. The summed E-state index contributed by atoms with van der Waals surface area (Å²) in [6.07, 6.45) is 3.49. The van der Waals surface area contributed by atoms with Crippen molar-refractivity contribution in [1.82, 2.24) is 14.7 Å². The highest BCUT2D eigenvalue weighted by Gasteiger charge is 2.48. The van der Waals surface area contributed by atoms with E-state index in [-0.39, 0.29) is 17.4 Å². The number of rotatable bonds is 4. The van der Waals surface area contributed by atoms with Crippen LogP contribution in [-0.2, 0) is 4.79 Å². The Kier molecular flexibility index (Phi) is 4.73. The average Bonchev–Trinajstić information content (AvgIpc) is 3.15. The Hall–Kier alpha value is -1.40. The minimum absolute atomic E-state index is 0.117. The van der Waals surface area contributed by atoms with E-state index in [0.29, 0.717) is 13.0 Å². The van der Waals surface area contributed by atoms with Crippen LogP contribution in [0.2, 0.25) is 0 Å². The van der Waals surface area contributed by atoms with Crippen molar-refractivity contribution in [1.29, 1.82) is 0 Å². The summed E-state index contributed by atoms with van der Waals surface area (Å²) in [7, 11) is 4.06. The van der Waals surface area contributed by atoms with Crippen LogP contribution in [0.1, 0.15) is 35.4 Å². The largest absolute Gasteiger partial charge is 0.336 e. The molecule has 5 nitrogen and oxygen atoms in total.